The van der Waals surface area contributed by atoms with Crippen LogP contribution in [0.1, 0.15) is 31.4 Å². The second-order valence-electron chi connectivity index (χ2n) is 5.90. The standard InChI is InChI=1S/C17H19ClN2O3/c18-12-3-1-11(2-4-12)17-20-14(10-23-17)9-16(22)19-13-5-7-15(21)8-6-13/h1-4,10,13,15,21H,5-9H2,(H,19,22). The monoisotopic (exact) mass is 334 g/mol. The molecule has 1 aliphatic rings. The van der Waals surface area contributed by atoms with Crippen molar-refractivity contribution in [3.63, 3.8) is 0 Å². The van der Waals surface area contributed by atoms with Gasteiger partial charge in [0.15, 0.2) is 0 Å². The van der Waals surface area contributed by atoms with Crippen molar-refractivity contribution in [3.05, 3.63) is 41.2 Å². The van der Waals surface area contributed by atoms with E-state index < -0.39 is 0 Å². The fraction of sp³-hybridized carbons (Fsp3) is 0.412. The van der Waals surface area contributed by atoms with E-state index in [0.29, 0.717) is 16.6 Å². The highest BCUT2D eigenvalue weighted by Crippen LogP contribution is 2.21. The van der Waals surface area contributed by atoms with Gasteiger partial charge in [-0.05, 0) is 49.9 Å². The number of nitrogens with one attached hydrogen (secondary N) is 1. The quantitative estimate of drug-likeness (QED) is 0.901. The molecule has 3 rings (SSSR count). The fourth-order valence-corrected chi connectivity index (χ4v) is 2.90. The average molecular weight is 335 g/mol. The zero-order chi connectivity index (χ0) is 16.2. The second-order valence-corrected chi connectivity index (χ2v) is 6.34. The Balaban J connectivity index is 1.56. The van der Waals surface area contributed by atoms with E-state index in [-0.39, 0.29) is 24.5 Å². The number of oxazole rings is 1. The Kier molecular flexibility index (Phi) is 4.98. The third-order valence-corrected chi connectivity index (χ3v) is 4.30. The molecular weight excluding hydrogens is 316 g/mol. The Morgan fingerprint density at radius 1 is 1.26 bits per heavy atom. The van der Waals surface area contributed by atoms with Gasteiger partial charge in [0.25, 0.3) is 0 Å². The lowest BCUT2D eigenvalue weighted by molar-refractivity contribution is -0.121. The van der Waals surface area contributed by atoms with Crippen LogP contribution in [-0.2, 0) is 11.2 Å². The van der Waals surface area contributed by atoms with Crippen molar-refractivity contribution in [1.29, 1.82) is 0 Å². The number of aliphatic hydroxyl groups excluding tert-OH is 1. The van der Waals surface area contributed by atoms with Crippen LogP contribution < -0.4 is 5.32 Å². The van der Waals surface area contributed by atoms with Gasteiger partial charge in [0.05, 0.1) is 18.2 Å². The summed E-state index contributed by atoms with van der Waals surface area (Å²) in [4.78, 5) is 16.4. The van der Waals surface area contributed by atoms with Crippen LogP contribution in [0.25, 0.3) is 11.5 Å². The third-order valence-electron chi connectivity index (χ3n) is 4.05. The Labute approximate surface area is 139 Å². The molecule has 0 aliphatic heterocycles. The van der Waals surface area contributed by atoms with Crippen LogP contribution in [-0.4, -0.2) is 28.1 Å². The molecule has 1 heterocycles. The molecule has 6 heteroatoms. The number of carbonyl (C=O) groups is 1. The van der Waals surface area contributed by atoms with Gasteiger partial charge in [-0.25, -0.2) is 4.98 Å². The first-order chi connectivity index (χ1) is 11.1. The number of benzene rings is 1. The summed E-state index contributed by atoms with van der Waals surface area (Å²) in [5.41, 5.74) is 1.42. The summed E-state index contributed by atoms with van der Waals surface area (Å²) in [5, 5.41) is 13.1. The van der Waals surface area contributed by atoms with Gasteiger partial charge in [-0.2, -0.15) is 0 Å². The molecule has 2 N–H and O–H groups in total. The lowest BCUT2D eigenvalue weighted by Crippen LogP contribution is -2.39. The summed E-state index contributed by atoms with van der Waals surface area (Å²) in [6.07, 6.45) is 4.61. The molecule has 0 bridgehead atoms. The molecule has 1 saturated carbocycles. The van der Waals surface area contributed by atoms with Crippen LogP contribution in [0.15, 0.2) is 34.9 Å². The maximum absolute atomic E-state index is 12.1. The minimum absolute atomic E-state index is 0.0673. The van der Waals surface area contributed by atoms with E-state index in [9.17, 15) is 9.90 Å². The molecule has 23 heavy (non-hydrogen) atoms. The topological polar surface area (TPSA) is 75.4 Å². The molecule has 1 fully saturated rings. The van der Waals surface area contributed by atoms with Gasteiger partial charge in [-0.15, -0.1) is 0 Å². The summed E-state index contributed by atoms with van der Waals surface area (Å²) in [6.45, 7) is 0. The van der Waals surface area contributed by atoms with E-state index in [1.165, 1.54) is 6.26 Å². The minimum atomic E-state index is -0.222. The van der Waals surface area contributed by atoms with Crippen molar-refractivity contribution in [1.82, 2.24) is 10.3 Å². The maximum atomic E-state index is 12.1. The zero-order valence-electron chi connectivity index (χ0n) is 12.7. The number of halogens is 1. The fourth-order valence-electron chi connectivity index (χ4n) is 2.78. The Bertz CT molecular complexity index is 661. The van der Waals surface area contributed by atoms with Crippen molar-refractivity contribution in [3.8, 4) is 11.5 Å². The van der Waals surface area contributed by atoms with Gasteiger partial charge in [0.1, 0.15) is 6.26 Å². The summed E-state index contributed by atoms with van der Waals surface area (Å²) in [7, 11) is 0. The molecule has 1 aromatic heterocycles. The lowest BCUT2D eigenvalue weighted by Gasteiger charge is -2.26. The highest BCUT2D eigenvalue weighted by molar-refractivity contribution is 6.30. The van der Waals surface area contributed by atoms with Crippen molar-refractivity contribution < 1.29 is 14.3 Å². The third kappa shape index (κ3) is 4.33. The zero-order valence-corrected chi connectivity index (χ0v) is 13.4. The molecule has 122 valence electrons. The first kappa shape index (κ1) is 16.0. The number of aromatic nitrogens is 1. The molecule has 0 atom stereocenters. The van der Waals surface area contributed by atoms with E-state index in [1.807, 2.05) is 12.1 Å². The number of hydrogen-bond donors (Lipinski definition) is 2. The van der Waals surface area contributed by atoms with Gasteiger partial charge in [-0.1, -0.05) is 11.6 Å². The van der Waals surface area contributed by atoms with Crippen LogP contribution in [0.2, 0.25) is 5.02 Å². The van der Waals surface area contributed by atoms with Gasteiger partial charge >= 0.3 is 0 Å². The van der Waals surface area contributed by atoms with Crippen LogP contribution in [0.3, 0.4) is 0 Å². The van der Waals surface area contributed by atoms with Crippen LogP contribution in [0.5, 0.6) is 0 Å². The molecule has 1 aromatic carbocycles. The molecule has 0 unspecified atom stereocenters. The smallest absolute Gasteiger partial charge is 0.226 e. The van der Waals surface area contributed by atoms with Gasteiger partial charge in [0, 0.05) is 16.6 Å². The van der Waals surface area contributed by atoms with Gasteiger partial charge in [-0.3, -0.25) is 4.79 Å². The Morgan fingerprint density at radius 2 is 1.96 bits per heavy atom. The molecule has 1 amide bonds. The molecule has 0 radical (unpaired) electrons. The number of hydrogen-bond acceptors (Lipinski definition) is 4. The van der Waals surface area contributed by atoms with E-state index in [4.69, 9.17) is 16.0 Å². The largest absolute Gasteiger partial charge is 0.444 e. The second kappa shape index (κ2) is 7.15. The van der Waals surface area contributed by atoms with Gasteiger partial charge < -0.3 is 14.8 Å². The van der Waals surface area contributed by atoms with E-state index in [0.717, 1.165) is 31.2 Å². The highest BCUT2D eigenvalue weighted by atomic mass is 35.5. The van der Waals surface area contributed by atoms with Crippen molar-refractivity contribution in [2.24, 2.45) is 0 Å². The highest BCUT2D eigenvalue weighted by Gasteiger charge is 2.21. The first-order valence-electron chi connectivity index (χ1n) is 7.78. The number of aliphatic hydroxyl groups is 1. The summed E-state index contributed by atoms with van der Waals surface area (Å²) in [6, 6.07) is 7.33. The predicted molar refractivity (Wildman–Crippen MR) is 87.1 cm³/mol. The maximum Gasteiger partial charge on any atom is 0.226 e. The van der Waals surface area contributed by atoms with Crippen molar-refractivity contribution >= 4 is 17.5 Å². The lowest BCUT2D eigenvalue weighted by atomic mass is 9.93. The van der Waals surface area contributed by atoms with Crippen LogP contribution >= 0.6 is 11.6 Å². The normalized spacial score (nSPS) is 21.1. The molecular formula is C17H19ClN2O3. The number of nitrogens with zero attached hydrogens (tertiary/aromatic N) is 1. The minimum Gasteiger partial charge on any atom is -0.444 e. The molecule has 1 aliphatic carbocycles. The summed E-state index contributed by atoms with van der Waals surface area (Å²) < 4.78 is 5.43. The molecule has 5 nitrogen and oxygen atoms in total. The molecule has 0 saturated heterocycles. The molecule has 0 spiro atoms. The van der Waals surface area contributed by atoms with E-state index in [1.54, 1.807) is 12.1 Å². The number of rotatable bonds is 4. The van der Waals surface area contributed by atoms with Crippen molar-refractivity contribution in [2.75, 3.05) is 0 Å². The average Bonchev–Trinajstić information content (AvgIpc) is 2.98. The van der Waals surface area contributed by atoms with Gasteiger partial charge in [0.2, 0.25) is 11.8 Å². The number of carbonyl (C=O) groups excluding carboxylic acids is 1. The SMILES string of the molecule is O=C(Cc1coc(-c2ccc(Cl)cc2)n1)NC1CCC(O)CC1. The van der Waals surface area contributed by atoms with E-state index >= 15 is 0 Å². The molecule has 2 aromatic rings. The van der Waals surface area contributed by atoms with Crippen LogP contribution in [0, 0.1) is 0 Å². The Morgan fingerprint density at radius 3 is 2.65 bits per heavy atom. The van der Waals surface area contributed by atoms with Crippen molar-refractivity contribution in [2.45, 2.75) is 44.2 Å². The van der Waals surface area contributed by atoms with E-state index in [2.05, 4.69) is 10.3 Å². The van der Waals surface area contributed by atoms with Crippen LogP contribution in [0.4, 0.5) is 0 Å². The number of amides is 1. The summed E-state index contributed by atoms with van der Waals surface area (Å²) in [5.74, 6) is 0.410. The Hall–Kier alpha value is -1.85. The predicted octanol–water partition coefficient (Wildman–Crippen LogP) is 2.96. The first-order valence-corrected chi connectivity index (χ1v) is 8.16. The summed E-state index contributed by atoms with van der Waals surface area (Å²) >= 11 is 5.86.